The van der Waals surface area contributed by atoms with E-state index < -0.39 is 40.5 Å². The fraction of sp³-hybridized carbons (Fsp3) is 0.400. The van der Waals surface area contributed by atoms with Crippen molar-refractivity contribution in [2.75, 3.05) is 14.2 Å². The van der Waals surface area contributed by atoms with Crippen LogP contribution in [0.15, 0.2) is 53.5 Å². The number of hydrogen-bond donors (Lipinski definition) is 0. The molecule has 2 aliphatic heterocycles. The van der Waals surface area contributed by atoms with E-state index in [9.17, 15) is 18.0 Å². The summed E-state index contributed by atoms with van der Waals surface area (Å²) in [7, 11) is -1.31. The van der Waals surface area contributed by atoms with Gasteiger partial charge in [0.2, 0.25) is 10.0 Å². The molecule has 1 aromatic carbocycles. The number of sulfonamides is 1. The molecule has 4 atom stereocenters. The fourth-order valence-corrected chi connectivity index (χ4v) is 4.96. The molecule has 0 aliphatic carbocycles. The first kappa shape index (κ1) is 21.5. The van der Waals surface area contributed by atoms with Crippen molar-refractivity contribution in [2.45, 2.75) is 42.9 Å². The maximum atomic E-state index is 13.4. The molecule has 2 heterocycles. The largest absolute Gasteiger partial charge is 0.362 e. The van der Waals surface area contributed by atoms with Gasteiger partial charge in [0.1, 0.15) is 12.3 Å². The van der Waals surface area contributed by atoms with Crippen LogP contribution in [0.3, 0.4) is 0 Å². The number of ether oxygens (including phenoxy) is 3. The number of carbonyl (C=O) groups is 2. The predicted molar refractivity (Wildman–Crippen MR) is 103 cm³/mol. The van der Waals surface area contributed by atoms with E-state index in [2.05, 4.69) is 0 Å². The second kappa shape index (κ2) is 8.68. The molecule has 0 aromatic heterocycles. The van der Waals surface area contributed by atoms with Gasteiger partial charge in [-0.1, -0.05) is 17.7 Å². The monoisotopic (exact) mass is 421 g/mol. The highest BCUT2D eigenvalue weighted by molar-refractivity contribution is 7.89. The van der Waals surface area contributed by atoms with Crippen LogP contribution in [0.4, 0.5) is 0 Å². The van der Waals surface area contributed by atoms with Crippen LogP contribution >= 0.6 is 0 Å². The topological polar surface area (TPSA) is 99.2 Å². The van der Waals surface area contributed by atoms with E-state index in [0.29, 0.717) is 0 Å². The molecule has 0 saturated carbocycles. The number of ketones is 2. The number of rotatable bonds is 6. The third-order valence-corrected chi connectivity index (χ3v) is 6.74. The summed E-state index contributed by atoms with van der Waals surface area (Å²) in [5.74, 6) is -0.809. The molecule has 1 unspecified atom stereocenters. The fourth-order valence-electron chi connectivity index (χ4n) is 3.28. The summed E-state index contributed by atoms with van der Waals surface area (Å²) < 4.78 is 43.7. The van der Waals surface area contributed by atoms with Crippen LogP contribution in [0.25, 0.3) is 0 Å². The number of hydrogen-bond acceptors (Lipinski definition) is 7. The number of benzene rings is 1. The Morgan fingerprint density at radius 3 is 2.28 bits per heavy atom. The van der Waals surface area contributed by atoms with Crippen molar-refractivity contribution in [3.8, 4) is 0 Å². The van der Waals surface area contributed by atoms with Gasteiger partial charge in [0.25, 0.3) is 0 Å². The Hall–Kier alpha value is -2.17. The first-order valence-corrected chi connectivity index (χ1v) is 10.5. The summed E-state index contributed by atoms with van der Waals surface area (Å²) in [6.07, 6.45) is 2.53. The molecule has 9 heteroatoms. The summed E-state index contributed by atoms with van der Waals surface area (Å²) in [4.78, 5) is 25.0. The van der Waals surface area contributed by atoms with Crippen molar-refractivity contribution in [2.24, 2.45) is 0 Å². The van der Waals surface area contributed by atoms with Crippen molar-refractivity contribution in [1.29, 1.82) is 0 Å². The highest BCUT2D eigenvalue weighted by atomic mass is 32.2. The molecule has 29 heavy (non-hydrogen) atoms. The second-order valence-corrected chi connectivity index (χ2v) is 8.62. The molecule has 8 nitrogen and oxygen atoms in total. The molecule has 1 aromatic rings. The van der Waals surface area contributed by atoms with Crippen LogP contribution in [0.5, 0.6) is 0 Å². The Labute approximate surface area is 169 Å². The Bertz CT molecular complexity index is 936. The van der Waals surface area contributed by atoms with Crippen LogP contribution in [-0.4, -0.2) is 63.2 Å². The zero-order chi connectivity index (χ0) is 21.2. The quantitative estimate of drug-likeness (QED) is 0.684. The van der Waals surface area contributed by atoms with E-state index in [4.69, 9.17) is 14.2 Å². The number of nitrogens with zero attached hydrogens (tertiary/aromatic N) is 1. The van der Waals surface area contributed by atoms with Gasteiger partial charge in [-0.05, 0) is 43.4 Å². The number of aryl methyl sites for hydroxylation is 1. The second-order valence-electron chi connectivity index (χ2n) is 6.78. The smallest absolute Gasteiger partial charge is 0.246 e. The van der Waals surface area contributed by atoms with Crippen LogP contribution in [0.1, 0.15) is 12.0 Å². The van der Waals surface area contributed by atoms with E-state index in [1.54, 1.807) is 12.1 Å². The van der Waals surface area contributed by atoms with Crippen LogP contribution in [-0.2, 0) is 33.8 Å². The molecule has 2 aliphatic rings. The highest BCUT2D eigenvalue weighted by Gasteiger charge is 2.44. The van der Waals surface area contributed by atoms with Crippen molar-refractivity contribution in [1.82, 2.24) is 4.31 Å². The normalized spacial score (nSPS) is 28.1. The third-order valence-electron chi connectivity index (χ3n) is 4.85. The molecular formula is C20H23NO7S. The lowest BCUT2D eigenvalue weighted by Crippen LogP contribution is -2.54. The van der Waals surface area contributed by atoms with Crippen LogP contribution in [0, 0.1) is 6.92 Å². The Morgan fingerprint density at radius 2 is 1.66 bits per heavy atom. The lowest BCUT2D eigenvalue weighted by atomic mass is 9.98. The average Bonchev–Trinajstić information content (AvgIpc) is 2.71. The molecule has 0 spiro atoms. The molecule has 0 saturated heterocycles. The lowest BCUT2D eigenvalue weighted by molar-refractivity contribution is -0.159. The average molecular weight is 421 g/mol. The standard InChI is InChI=1S/C20H23NO7S/c1-13-4-6-14(7-5-13)29(24,25)21-15(16(22)8-10-19(21)26-2)12-18-17(23)9-11-20(27-3)28-18/h4-11,15,18-20H,12H2,1-3H3/t15-,18+,19+,20?/m1/s1. The maximum Gasteiger partial charge on any atom is 0.246 e. The zero-order valence-electron chi connectivity index (χ0n) is 16.3. The first-order chi connectivity index (χ1) is 13.8. The van der Waals surface area contributed by atoms with Gasteiger partial charge >= 0.3 is 0 Å². The maximum absolute atomic E-state index is 13.4. The molecule has 0 fully saturated rings. The van der Waals surface area contributed by atoms with Crippen LogP contribution < -0.4 is 0 Å². The van der Waals surface area contributed by atoms with Crippen molar-refractivity contribution in [3.63, 3.8) is 0 Å². The minimum atomic E-state index is -4.09. The van der Waals surface area contributed by atoms with Gasteiger partial charge in [0, 0.05) is 20.6 Å². The molecule has 156 valence electrons. The van der Waals surface area contributed by atoms with Crippen molar-refractivity contribution >= 4 is 21.6 Å². The number of carbonyl (C=O) groups excluding carboxylic acids is 2. The predicted octanol–water partition coefficient (Wildman–Crippen LogP) is 1.35. The molecule has 0 radical (unpaired) electrons. The van der Waals surface area contributed by atoms with Gasteiger partial charge in [-0.25, -0.2) is 8.42 Å². The first-order valence-electron chi connectivity index (χ1n) is 9.03. The molecular weight excluding hydrogens is 398 g/mol. The summed E-state index contributed by atoms with van der Waals surface area (Å²) in [5, 5.41) is 0. The van der Waals surface area contributed by atoms with Gasteiger partial charge < -0.3 is 14.2 Å². The molecule has 0 N–H and O–H groups in total. The summed E-state index contributed by atoms with van der Waals surface area (Å²) in [5.41, 5.74) is 0.900. The number of methoxy groups -OCH3 is 2. The van der Waals surface area contributed by atoms with E-state index in [1.165, 1.54) is 50.7 Å². The van der Waals surface area contributed by atoms with Crippen molar-refractivity contribution < 1.29 is 32.2 Å². The minimum Gasteiger partial charge on any atom is -0.362 e. The summed E-state index contributed by atoms with van der Waals surface area (Å²) >= 11 is 0. The molecule has 0 bridgehead atoms. The van der Waals surface area contributed by atoms with Crippen molar-refractivity contribution in [3.05, 3.63) is 54.1 Å². The Kier molecular flexibility index (Phi) is 6.45. The van der Waals surface area contributed by atoms with E-state index >= 15 is 0 Å². The van der Waals surface area contributed by atoms with Gasteiger partial charge in [-0.15, -0.1) is 0 Å². The SMILES string of the molecule is COC1C=CC(=O)[C@H](C[C@@H]2C(=O)C=C[C@H](OC)N2S(=O)(=O)c2ccc(C)cc2)O1. The van der Waals surface area contributed by atoms with Gasteiger partial charge in [-0.3, -0.25) is 9.59 Å². The summed E-state index contributed by atoms with van der Waals surface area (Å²) in [6.45, 7) is 1.84. The third kappa shape index (κ3) is 4.39. The van der Waals surface area contributed by atoms with Gasteiger partial charge in [-0.2, -0.15) is 4.31 Å². The van der Waals surface area contributed by atoms with Gasteiger partial charge in [0.05, 0.1) is 10.9 Å². The van der Waals surface area contributed by atoms with E-state index in [1.807, 2.05) is 6.92 Å². The minimum absolute atomic E-state index is 0.0313. The molecule has 3 rings (SSSR count). The lowest BCUT2D eigenvalue weighted by Gasteiger charge is -2.37. The Morgan fingerprint density at radius 1 is 1.00 bits per heavy atom. The van der Waals surface area contributed by atoms with Gasteiger partial charge in [0.15, 0.2) is 17.9 Å². The Balaban J connectivity index is 1.98. The molecule has 0 amide bonds. The van der Waals surface area contributed by atoms with E-state index in [-0.39, 0.29) is 17.1 Å². The van der Waals surface area contributed by atoms with Crippen LogP contribution in [0.2, 0.25) is 0 Å². The zero-order valence-corrected chi connectivity index (χ0v) is 17.2. The highest BCUT2D eigenvalue weighted by Crippen LogP contribution is 2.29. The van der Waals surface area contributed by atoms with E-state index in [0.717, 1.165) is 9.87 Å². The summed E-state index contributed by atoms with van der Waals surface area (Å²) in [6, 6.07) is 5.14.